The molecule has 0 aromatic carbocycles. The Labute approximate surface area is 90.3 Å². The van der Waals surface area contributed by atoms with Crippen LogP contribution in [0.4, 0.5) is 5.82 Å². The highest BCUT2D eigenvalue weighted by Crippen LogP contribution is 2.20. The third-order valence-corrected chi connectivity index (χ3v) is 2.94. The normalized spacial score (nSPS) is 26.3. The zero-order valence-corrected chi connectivity index (χ0v) is 9.11. The van der Waals surface area contributed by atoms with E-state index in [0.717, 1.165) is 24.2 Å². The first-order valence-electron chi connectivity index (χ1n) is 5.57. The van der Waals surface area contributed by atoms with E-state index < -0.39 is 0 Å². The van der Waals surface area contributed by atoms with Crippen LogP contribution in [0.2, 0.25) is 0 Å². The van der Waals surface area contributed by atoms with Gasteiger partial charge in [0.15, 0.2) is 0 Å². The summed E-state index contributed by atoms with van der Waals surface area (Å²) in [6, 6.07) is 2.62. The second-order valence-electron chi connectivity index (χ2n) is 4.32. The van der Waals surface area contributed by atoms with E-state index in [1.54, 1.807) is 6.20 Å². The maximum Gasteiger partial charge on any atom is 0.149 e. The molecule has 1 heterocycles. The number of hydrogen-bond acceptors (Lipinski definition) is 4. The molecule has 4 heteroatoms. The number of nitrogens with one attached hydrogen (secondary N) is 1. The summed E-state index contributed by atoms with van der Waals surface area (Å²) < 4.78 is 0. The molecule has 0 aliphatic heterocycles. The minimum Gasteiger partial charge on any atom is -0.364 e. The van der Waals surface area contributed by atoms with Crippen molar-refractivity contribution in [2.24, 2.45) is 5.73 Å². The van der Waals surface area contributed by atoms with E-state index in [9.17, 15) is 0 Å². The molecular weight excluding hydrogens is 188 g/mol. The molecule has 1 aliphatic carbocycles. The van der Waals surface area contributed by atoms with E-state index in [1.807, 2.05) is 13.0 Å². The highest BCUT2D eigenvalue weighted by molar-refractivity contribution is 5.36. The predicted octanol–water partition coefficient (Wildman–Crippen LogP) is 1.47. The summed E-state index contributed by atoms with van der Waals surface area (Å²) in [7, 11) is 0. The second-order valence-corrected chi connectivity index (χ2v) is 4.32. The average Bonchev–Trinajstić information content (AvgIpc) is 2.22. The van der Waals surface area contributed by atoms with Gasteiger partial charge in [0.1, 0.15) is 5.82 Å². The Hall–Kier alpha value is -1.16. The van der Waals surface area contributed by atoms with Gasteiger partial charge >= 0.3 is 0 Å². The quantitative estimate of drug-likeness (QED) is 0.769. The lowest BCUT2D eigenvalue weighted by molar-refractivity contribution is 0.403. The first-order chi connectivity index (χ1) is 7.25. The maximum atomic E-state index is 6.05. The molecule has 2 unspecified atom stereocenters. The lowest BCUT2D eigenvalue weighted by Crippen LogP contribution is -2.42. The van der Waals surface area contributed by atoms with E-state index in [1.165, 1.54) is 12.8 Å². The van der Waals surface area contributed by atoms with Crippen molar-refractivity contribution in [2.75, 3.05) is 5.32 Å². The molecule has 0 bridgehead atoms. The van der Waals surface area contributed by atoms with E-state index in [0.29, 0.717) is 6.04 Å². The van der Waals surface area contributed by atoms with Crippen LogP contribution in [0.1, 0.15) is 31.2 Å². The summed E-state index contributed by atoms with van der Waals surface area (Å²) in [5.74, 6) is 0.845. The fourth-order valence-electron chi connectivity index (χ4n) is 2.06. The Bertz CT molecular complexity index is 326. The van der Waals surface area contributed by atoms with Crippen molar-refractivity contribution >= 4 is 5.82 Å². The minimum atomic E-state index is 0.251. The Morgan fingerprint density at radius 1 is 1.40 bits per heavy atom. The number of anilines is 1. The van der Waals surface area contributed by atoms with Gasteiger partial charge in [-0.1, -0.05) is 12.8 Å². The zero-order chi connectivity index (χ0) is 10.7. The molecule has 4 nitrogen and oxygen atoms in total. The number of nitrogens with zero attached hydrogens (tertiary/aromatic N) is 2. The van der Waals surface area contributed by atoms with Crippen LogP contribution < -0.4 is 11.1 Å². The molecule has 1 saturated carbocycles. The lowest BCUT2D eigenvalue weighted by Gasteiger charge is -2.29. The first-order valence-corrected chi connectivity index (χ1v) is 5.57. The highest BCUT2D eigenvalue weighted by atomic mass is 15.2. The molecule has 1 aliphatic rings. The molecule has 0 saturated heterocycles. The van der Waals surface area contributed by atoms with Gasteiger partial charge in [-0.05, 0) is 31.4 Å². The molecule has 2 rings (SSSR count). The van der Waals surface area contributed by atoms with Crippen LogP contribution in [0, 0.1) is 6.92 Å². The third kappa shape index (κ3) is 2.65. The Kier molecular flexibility index (Phi) is 3.16. The molecule has 1 aromatic rings. The summed E-state index contributed by atoms with van der Waals surface area (Å²) >= 11 is 0. The molecule has 15 heavy (non-hydrogen) atoms. The average molecular weight is 206 g/mol. The first kappa shape index (κ1) is 10.4. The van der Waals surface area contributed by atoms with Crippen molar-refractivity contribution in [2.45, 2.75) is 44.7 Å². The van der Waals surface area contributed by atoms with Crippen molar-refractivity contribution < 1.29 is 0 Å². The van der Waals surface area contributed by atoms with Gasteiger partial charge in [-0.15, -0.1) is 5.10 Å². The van der Waals surface area contributed by atoms with Crippen LogP contribution in [0.3, 0.4) is 0 Å². The van der Waals surface area contributed by atoms with E-state index in [-0.39, 0.29) is 6.04 Å². The highest BCUT2D eigenvalue weighted by Gasteiger charge is 2.21. The largest absolute Gasteiger partial charge is 0.364 e. The summed E-state index contributed by atoms with van der Waals surface area (Å²) in [6.07, 6.45) is 6.50. The minimum absolute atomic E-state index is 0.251. The topological polar surface area (TPSA) is 63.8 Å². The summed E-state index contributed by atoms with van der Waals surface area (Å²) in [5.41, 5.74) is 7.18. The number of hydrogen-bond donors (Lipinski definition) is 2. The van der Waals surface area contributed by atoms with E-state index in [2.05, 4.69) is 15.5 Å². The summed E-state index contributed by atoms with van der Waals surface area (Å²) in [4.78, 5) is 0. The van der Waals surface area contributed by atoms with Crippen LogP contribution in [0.15, 0.2) is 12.3 Å². The molecule has 1 fully saturated rings. The van der Waals surface area contributed by atoms with Crippen molar-refractivity contribution in [3.05, 3.63) is 17.8 Å². The molecule has 1 aromatic heterocycles. The SMILES string of the molecule is Cc1cnnc(NC2CCCCC2N)c1. The van der Waals surface area contributed by atoms with Gasteiger partial charge in [0.2, 0.25) is 0 Å². The summed E-state index contributed by atoms with van der Waals surface area (Å²) in [6.45, 7) is 2.01. The second kappa shape index (κ2) is 4.57. The maximum absolute atomic E-state index is 6.05. The van der Waals surface area contributed by atoms with Gasteiger partial charge in [0.25, 0.3) is 0 Å². The van der Waals surface area contributed by atoms with E-state index >= 15 is 0 Å². The smallest absolute Gasteiger partial charge is 0.149 e. The van der Waals surface area contributed by atoms with Gasteiger partial charge in [0, 0.05) is 12.1 Å². The number of nitrogens with two attached hydrogens (primary N) is 1. The van der Waals surface area contributed by atoms with Gasteiger partial charge in [-0.2, -0.15) is 5.10 Å². The molecule has 2 atom stereocenters. The molecule has 0 spiro atoms. The van der Waals surface area contributed by atoms with Crippen molar-refractivity contribution in [3.8, 4) is 0 Å². The molecule has 0 radical (unpaired) electrons. The van der Waals surface area contributed by atoms with Crippen molar-refractivity contribution in [1.29, 1.82) is 0 Å². The third-order valence-electron chi connectivity index (χ3n) is 2.94. The fraction of sp³-hybridized carbons (Fsp3) is 0.636. The predicted molar refractivity (Wildman–Crippen MR) is 60.6 cm³/mol. The van der Waals surface area contributed by atoms with Crippen LogP contribution in [-0.2, 0) is 0 Å². The van der Waals surface area contributed by atoms with Crippen molar-refractivity contribution in [1.82, 2.24) is 10.2 Å². The van der Waals surface area contributed by atoms with E-state index in [4.69, 9.17) is 5.73 Å². The monoisotopic (exact) mass is 206 g/mol. The number of rotatable bonds is 2. The zero-order valence-electron chi connectivity index (χ0n) is 9.11. The van der Waals surface area contributed by atoms with Crippen LogP contribution in [0.5, 0.6) is 0 Å². The van der Waals surface area contributed by atoms with Gasteiger partial charge in [-0.25, -0.2) is 0 Å². The van der Waals surface area contributed by atoms with Gasteiger partial charge in [-0.3, -0.25) is 0 Å². The van der Waals surface area contributed by atoms with Gasteiger partial charge in [0.05, 0.1) is 6.20 Å². The molecule has 82 valence electrons. The lowest BCUT2D eigenvalue weighted by atomic mass is 9.91. The Balaban J connectivity index is 2.01. The van der Waals surface area contributed by atoms with Crippen LogP contribution in [-0.4, -0.2) is 22.3 Å². The van der Waals surface area contributed by atoms with Crippen LogP contribution in [0.25, 0.3) is 0 Å². The Morgan fingerprint density at radius 3 is 2.93 bits per heavy atom. The standard InChI is InChI=1S/C11H18N4/c1-8-6-11(15-13-7-8)14-10-5-3-2-4-9(10)12/h6-7,9-10H,2-5,12H2,1H3,(H,14,15). The molecule has 0 amide bonds. The van der Waals surface area contributed by atoms with Crippen molar-refractivity contribution in [3.63, 3.8) is 0 Å². The molecule has 3 N–H and O–H groups in total. The number of aryl methyl sites for hydroxylation is 1. The molecular formula is C11H18N4. The fourth-order valence-corrected chi connectivity index (χ4v) is 2.06. The van der Waals surface area contributed by atoms with Gasteiger partial charge < -0.3 is 11.1 Å². The summed E-state index contributed by atoms with van der Waals surface area (Å²) in [5, 5.41) is 11.3. The van der Waals surface area contributed by atoms with Crippen LogP contribution >= 0.6 is 0 Å². The Morgan fingerprint density at radius 2 is 2.20 bits per heavy atom. The number of aromatic nitrogens is 2.